The topological polar surface area (TPSA) is 53.9 Å². The predicted molar refractivity (Wildman–Crippen MR) is 87.2 cm³/mol. The number of fused-ring (bicyclic) bond motifs is 3. The van der Waals surface area contributed by atoms with Gasteiger partial charge in [-0.2, -0.15) is 5.10 Å². The highest BCUT2D eigenvalue weighted by molar-refractivity contribution is 5.83. The summed E-state index contributed by atoms with van der Waals surface area (Å²) in [5.74, 6) is 0. The molecule has 1 saturated heterocycles. The first-order chi connectivity index (χ1) is 10.7. The lowest BCUT2D eigenvalue weighted by Crippen LogP contribution is -2.37. The van der Waals surface area contributed by atoms with Gasteiger partial charge in [-0.05, 0) is 57.7 Å². The maximum Gasteiger partial charge on any atom is 0.253 e. The van der Waals surface area contributed by atoms with Crippen molar-refractivity contribution in [1.82, 2.24) is 19.7 Å². The molecule has 0 radical (unpaired) electrons. The molecule has 0 amide bonds. The Morgan fingerprint density at radius 1 is 1.18 bits per heavy atom. The summed E-state index contributed by atoms with van der Waals surface area (Å²) >= 11 is 0. The van der Waals surface area contributed by atoms with E-state index in [0.29, 0.717) is 6.04 Å². The highest BCUT2D eigenvalue weighted by Gasteiger charge is 2.31. The molecule has 2 aromatic rings. The first-order valence-electron chi connectivity index (χ1n) is 8.49. The number of nitrogens with one attached hydrogen (secondary N) is 1. The summed E-state index contributed by atoms with van der Waals surface area (Å²) in [5.41, 5.74) is 4.29. The van der Waals surface area contributed by atoms with Crippen molar-refractivity contribution in [2.75, 3.05) is 13.1 Å². The van der Waals surface area contributed by atoms with Crippen molar-refractivity contribution in [1.29, 1.82) is 0 Å². The van der Waals surface area contributed by atoms with E-state index in [9.17, 15) is 4.79 Å². The number of likely N-dealkylation sites (tertiary alicyclic amines) is 1. The second kappa shape index (κ2) is 5.23. The minimum absolute atomic E-state index is 0.0900. The molecule has 0 spiro atoms. The van der Waals surface area contributed by atoms with Crippen LogP contribution in [0.1, 0.15) is 55.0 Å². The first-order valence-corrected chi connectivity index (χ1v) is 8.49. The molecule has 0 saturated carbocycles. The molecule has 4 rings (SSSR count). The number of rotatable bonds is 1. The molecular formula is C17H24N4O. The number of H-pyrrole nitrogens is 1. The van der Waals surface area contributed by atoms with Crippen molar-refractivity contribution < 1.29 is 0 Å². The summed E-state index contributed by atoms with van der Waals surface area (Å²) in [6.45, 7) is 4.39. The van der Waals surface area contributed by atoms with E-state index in [2.05, 4.69) is 21.9 Å². The van der Waals surface area contributed by atoms with Crippen LogP contribution >= 0.6 is 0 Å². The number of aryl methyl sites for hydroxylation is 2. The smallest absolute Gasteiger partial charge is 0.253 e. The standard InChI is InChI=1S/C17H24N4O/c1-11-14-15-12(17(22)18-16(14)20(2)19-11)7-6-8-13(15)21-9-4-3-5-10-21/h13H,3-10H2,1-2H3,(H,18,22). The van der Waals surface area contributed by atoms with E-state index < -0.39 is 0 Å². The molecular weight excluding hydrogens is 276 g/mol. The Balaban J connectivity index is 1.95. The largest absolute Gasteiger partial charge is 0.307 e. The average Bonchev–Trinajstić information content (AvgIpc) is 2.82. The number of nitrogens with zero attached hydrogens (tertiary/aromatic N) is 3. The van der Waals surface area contributed by atoms with E-state index in [1.165, 1.54) is 36.6 Å². The normalized spacial score (nSPS) is 22.9. The van der Waals surface area contributed by atoms with Crippen molar-refractivity contribution >= 4 is 11.0 Å². The minimum Gasteiger partial charge on any atom is -0.307 e. The van der Waals surface area contributed by atoms with Crippen molar-refractivity contribution in [3.63, 3.8) is 0 Å². The molecule has 5 heteroatoms. The molecule has 5 nitrogen and oxygen atoms in total. The maximum atomic E-state index is 12.6. The zero-order valence-corrected chi connectivity index (χ0v) is 13.5. The molecule has 1 fully saturated rings. The quantitative estimate of drug-likeness (QED) is 0.880. The maximum absolute atomic E-state index is 12.6. The lowest BCUT2D eigenvalue weighted by atomic mass is 9.84. The molecule has 2 aliphatic rings. The SMILES string of the molecule is Cc1nn(C)c2[nH]c(=O)c3c(c12)C(N1CCCCC1)CCC3. The molecule has 0 aromatic carbocycles. The minimum atomic E-state index is 0.0900. The van der Waals surface area contributed by atoms with Crippen LogP contribution in [-0.2, 0) is 13.5 Å². The van der Waals surface area contributed by atoms with Crippen LogP contribution in [0.5, 0.6) is 0 Å². The summed E-state index contributed by atoms with van der Waals surface area (Å²) in [7, 11) is 1.91. The Morgan fingerprint density at radius 2 is 1.95 bits per heavy atom. The van der Waals surface area contributed by atoms with Gasteiger partial charge >= 0.3 is 0 Å². The van der Waals surface area contributed by atoms with Crippen molar-refractivity contribution in [3.05, 3.63) is 27.2 Å². The Morgan fingerprint density at radius 3 is 2.73 bits per heavy atom. The summed E-state index contributed by atoms with van der Waals surface area (Å²) in [4.78, 5) is 18.2. The molecule has 2 aromatic heterocycles. The zero-order valence-electron chi connectivity index (χ0n) is 13.5. The zero-order chi connectivity index (χ0) is 15.3. The Kier molecular flexibility index (Phi) is 3.33. The highest BCUT2D eigenvalue weighted by Crippen LogP contribution is 2.38. The number of hydrogen-bond donors (Lipinski definition) is 1. The van der Waals surface area contributed by atoms with Gasteiger partial charge in [0.2, 0.25) is 0 Å². The summed E-state index contributed by atoms with van der Waals surface area (Å²) in [6.07, 6.45) is 7.09. The van der Waals surface area contributed by atoms with Crippen LogP contribution in [0.25, 0.3) is 11.0 Å². The lowest BCUT2D eigenvalue weighted by Gasteiger charge is -2.38. The van der Waals surface area contributed by atoms with Crippen LogP contribution in [0.2, 0.25) is 0 Å². The van der Waals surface area contributed by atoms with Crippen LogP contribution in [0.4, 0.5) is 0 Å². The Hall–Kier alpha value is -1.62. The first kappa shape index (κ1) is 14.0. The summed E-state index contributed by atoms with van der Waals surface area (Å²) < 4.78 is 1.81. The van der Waals surface area contributed by atoms with E-state index in [4.69, 9.17) is 0 Å². The second-order valence-corrected chi connectivity index (χ2v) is 6.78. The van der Waals surface area contributed by atoms with E-state index in [-0.39, 0.29) is 5.56 Å². The molecule has 0 bridgehead atoms. The highest BCUT2D eigenvalue weighted by atomic mass is 16.1. The Labute approximate surface area is 130 Å². The molecule has 118 valence electrons. The van der Waals surface area contributed by atoms with Gasteiger partial charge in [-0.1, -0.05) is 6.42 Å². The van der Waals surface area contributed by atoms with Gasteiger partial charge in [-0.3, -0.25) is 14.4 Å². The number of hydrogen-bond acceptors (Lipinski definition) is 3. The molecule has 1 atom stereocenters. The fraction of sp³-hybridized carbons (Fsp3) is 0.647. The summed E-state index contributed by atoms with van der Waals surface area (Å²) in [6, 6.07) is 0.400. The fourth-order valence-corrected chi connectivity index (χ4v) is 4.41. The number of pyridine rings is 1. The van der Waals surface area contributed by atoms with Gasteiger partial charge in [0.05, 0.1) is 5.69 Å². The van der Waals surface area contributed by atoms with Gasteiger partial charge in [-0.25, -0.2) is 0 Å². The van der Waals surface area contributed by atoms with Crippen LogP contribution in [0, 0.1) is 6.92 Å². The van der Waals surface area contributed by atoms with Gasteiger partial charge in [-0.15, -0.1) is 0 Å². The molecule has 1 aliphatic carbocycles. The van der Waals surface area contributed by atoms with E-state index in [0.717, 1.165) is 42.8 Å². The number of aromatic nitrogens is 3. The van der Waals surface area contributed by atoms with Crippen molar-refractivity contribution in [3.8, 4) is 0 Å². The van der Waals surface area contributed by atoms with E-state index in [1.807, 2.05) is 11.7 Å². The van der Waals surface area contributed by atoms with Gasteiger partial charge in [0, 0.05) is 24.0 Å². The third kappa shape index (κ3) is 2.02. The number of piperidine rings is 1. The molecule has 1 aliphatic heterocycles. The summed E-state index contributed by atoms with van der Waals surface area (Å²) in [5, 5.41) is 5.73. The van der Waals surface area contributed by atoms with Crippen molar-refractivity contribution in [2.45, 2.75) is 51.5 Å². The third-order valence-corrected chi connectivity index (χ3v) is 5.39. The van der Waals surface area contributed by atoms with Gasteiger partial charge < -0.3 is 4.98 Å². The molecule has 1 unspecified atom stereocenters. The van der Waals surface area contributed by atoms with Gasteiger partial charge in [0.1, 0.15) is 5.65 Å². The molecule has 3 heterocycles. The molecule has 22 heavy (non-hydrogen) atoms. The van der Waals surface area contributed by atoms with Crippen LogP contribution in [0.3, 0.4) is 0 Å². The predicted octanol–water partition coefficient (Wildman–Crippen LogP) is 2.43. The third-order valence-electron chi connectivity index (χ3n) is 5.39. The van der Waals surface area contributed by atoms with E-state index >= 15 is 0 Å². The molecule has 1 N–H and O–H groups in total. The Bertz CT molecular complexity index is 767. The van der Waals surface area contributed by atoms with Crippen LogP contribution in [0.15, 0.2) is 4.79 Å². The van der Waals surface area contributed by atoms with Gasteiger partial charge in [0.15, 0.2) is 0 Å². The van der Waals surface area contributed by atoms with E-state index in [1.54, 1.807) is 0 Å². The van der Waals surface area contributed by atoms with Crippen molar-refractivity contribution in [2.24, 2.45) is 7.05 Å². The van der Waals surface area contributed by atoms with Crippen LogP contribution < -0.4 is 5.56 Å². The second-order valence-electron chi connectivity index (χ2n) is 6.78. The van der Waals surface area contributed by atoms with Crippen LogP contribution in [-0.4, -0.2) is 32.8 Å². The lowest BCUT2D eigenvalue weighted by molar-refractivity contribution is 0.149. The van der Waals surface area contributed by atoms with Gasteiger partial charge in [0.25, 0.3) is 5.56 Å². The fourth-order valence-electron chi connectivity index (χ4n) is 4.41. The monoisotopic (exact) mass is 300 g/mol. The number of aromatic amines is 1. The average molecular weight is 300 g/mol.